The van der Waals surface area contributed by atoms with Crippen LogP contribution in [0.5, 0.6) is 0 Å². The van der Waals surface area contributed by atoms with Crippen molar-refractivity contribution in [2.24, 2.45) is 34.5 Å². The van der Waals surface area contributed by atoms with Gasteiger partial charge in [0.05, 0.1) is 18.6 Å². The summed E-state index contributed by atoms with van der Waals surface area (Å²) in [4.78, 5) is 23.9. The van der Waals surface area contributed by atoms with E-state index in [0.717, 1.165) is 6.92 Å². The van der Waals surface area contributed by atoms with E-state index in [4.69, 9.17) is 6.85 Å². The van der Waals surface area contributed by atoms with E-state index in [-0.39, 0.29) is 42.7 Å². The van der Waals surface area contributed by atoms with Crippen LogP contribution in [0.2, 0.25) is 0 Å². The monoisotopic (exact) mass is 423 g/mol. The molecule has 166 valence electrons. The first-order chi connectivity index (χ1) is 15.9. The largest absolute Gasteiger partial charge is 0.463 e. The predicted molar refractivity (Wildman–Crippen MR) is 110 cm³/mol. The number of hydrogen-bond acceptors (Lipinski definition) is 6. The third-order valence-electron chi connectivity index (χ3n) is 8.43. The number of ketones is 1. The summed E-state index contributed by atoms with van der Waals surface area (Å²) >= 11 is 0. The molecule has 0 unspecified atom stereocenters. The maximum atomic E-state index is 12.4. The highest BCUT2D eigenvalue weighted by atomic mass is 16.5. The van der Waals surface area contributed by atoms with Crippen LogP contribution < -0.4 is 0 Å². The minimum Gasteiger partial charge on any atom is -0.463 e. The first-order valence-electron chi connectivity index (χ1n) is 13.1. The summed E-state index contributed by atoms with van der Waals surface area (Å²) in [5.41, 5.74) is -3.96. The first kappa shape index (κ1) is 16.2. The Bertz CT molecular complexity index is 1040. The predicted octanol–water partition coefficient (Wildman–Crippen LogP) is 2.17. The molecule has 3 saturated carbocycles. The lowest BCUT2D eigenvalue weighted by atomic mass is 9.44. The highest BCUT2D eigenvalue weighted by molar-refractivity contribution is 6.01. The zero-order chi connectivity index (χ0) is 26.5. The van der Waals surface area contributed by atoms with Crippen molar-refractivity contribution >= 4 is 11.8 Å². The van der Waals surface area contributed by atoms with Crippen LogP contribution in [-0.2, 0) is 14.3 Å². The summed E-state index contributed by atoms with van der Waals surface area (Å²) in [5.74, 6) is -2.94. The summed E-state index contributed by atoms with van der Waals surface area (Å²) in [6.45, 7) is 3.11. The van der Waals surface area contributed by atoms with E-state index in [1.807, 2.05) is 13.8 Å². The Kier molecular flexibility index (Phi) is 3.78. The summed E-state index contributed by atoms with van der Waals surface area (Å²) in [7, 11) is 0. The van der Waals surface area contributed by atoms with E-state index in [2.05, 4.69) is 4.74 Å². The minimum absolute atomic E-state index is 0.0770. The van der Waals surface area contributed by atoms with Crippen molar-refractivity contribution in [2.75, 3.05) is 6.56 Å². The van der Waals surface area contributed by atoms with Crippen molar-refractivity contribution in [1.82, 2.24) is 0 Å². The molecule has 0 radical (unpaired) electrons. The molecule has 4 aliphatic carbocycles. The van der Waals surface area contributed by atoms with Gasteiger partial charge in [-0.05, 0) is 55.5 Å². The van der Waals surface area contributed by atoms with Crippen LogP contribution in [0.1, 0.15) is 60.2 Å². The van der Waals surface area contributed by atoms with Gasteiger partial charge >= 0.3 is 5.97 Å². The Morgan fingerprint density at radius 1 is 1.50 bits per heavy atom. The molecule has 0 saturated heterocycles. The average Bonchev–Trinajstić information content (AvgIpc) is 2.96. The Morgan fingerprint density at radius 3 is 2.87 bits per heavy atom. The van der Waals surface area contributed by atoms with Crippen LogP contribution in [0.4, 0.5) is 0 Å². The third-order valence-corrected chi connectivity index (χ3v) is 8.43. The lowest BCUT2D eigenvalue weighted by molar-refractivity contribution is -0.209. The van der Waals surface area contributed by atoms with Gasteiger partial charge in [-0.1, -0.05) is 32.4 Å². The number of fused-ring (bicyclic) bond motifs is 5. The number of aliphatic hydroxyl groups excluding tert-OH is 1. The van der Waals surface area contributed by atoms with Crippen molar-refractivity contribution in [2.45, 2.75) is 71.2 Å². The molecule has 0 aromatic rings. The standard InChI is InChI=1S/C24H34O6/c1-13-9-16-17-6-8-24(29,20(28)12-30-14(2)25)23(17,4)11-19(27)21(16)22(3)7-5-15(26)10-18(13)22/h5,7,10,13,16-17,19-21,27-29H,6,8-9,11-12H2,1-4H3/t13-,16-,17-,19-,20+,21+,22-,23-,24-/m0/s1/i5D,10D,12D2,20D. The third kappa shape index (κ3) is 2.87. The molecule has 9 atom stereocenters. The van der Waals surface area contributed by atoms with Crippen molar-refractivity contribution < 1.29 is 36.5 Å². The number of rotatable bonds is 3. The fourth-order valence-electron chi connectivity index (χ4n) is 7.17. The second-order valence-corrected chi connectivity index (χ2v) is 10.0. The number of carbonyl (C=O) groups is 2. The molecule has 0 heterocycles. The van der Waals surface area contributed by atoms with Gasteiger partial charge < -0.3 is 20.1 Å². The molecule has 4 aliphatic rings. The van der Waals surface area contributed by atoms with E-state index in [1.165, 1.54) is 6.08 Å². The van der Waals surface area contributed by atoms with Gasteiger partial charge in [-0.15, -0.1) is 0 Å². The van der Waals surface area contributed by atoms with Gasteiger partial charge in [-0.25, -0.2) is 0 Å². The minimum atomic E-state index is -3.21. The maximum absolute atomic E-state index is 12.4. The summed E-state index contributed by atoms with van der Waals surface area (Å²) < 4.78 is 45.9. The van der Waals surface area contributed by atoms with Gasteiger partial charge in [0, 0.05) is 23.7 Å². The number of hydrogen-bond donors (Lipinski definition) is 3. The summed E-state index contributed by atoms with van der Waals surface area (Å²) in [6.07, 6.45) is -2.15. The topological polar surface area (TPSA) is 104 Å². The van der Waals surface area contributed by atoms with E-state index in [9.17, 15) is 24.9 Å². The quantitative estimate of drug-likeness (QED) is 0.601. The normalized spacial score (nSPS) is 52.9. The van der Waals surface area contributed by atoms with E-state index < -0.39 is 52.8 Å². The Hall–Kier alpha value is -1.50. The van der Waals surface area contributed by atoms with Crippen LogP contribution in [0, 0.1) is 34.5 Å². The van der Waals surface area contributed by atoms with E-state index in [1.54, 1.807) is 6.92 Å². The SMILES string of the molecule is [2H]C1=C[C@@]2(C)C(=C([2H])C1=O)[C@@H](C)C[C@@H]1[C@@H]2[C@@H](O)C[C@@]2(C)[C@H]1CC[C@]2(O)[C@]([2H])(O)C([2H])([2H])OC(C)=O. The van der Waals surface area contributed by atoms with Gasteiger partial charge in [-0.2, -0.15) is 0 Å². The van der Waals surface area contributed by atoms with Crippen LogP contribution in [0.3, 0.4) is 0 Å². The van der Waals surface area contributed by atoms with Gasteiger partial charge in [0.2, 0.25) is 0 Å². The van der Waals surface area contributed by atoms with Gasteiger partial charge in [0.15, 0.2) is 5.78 Å². The highest BCUT2D eigenvalue weighted by Gasteiger charge is 2.68. The number of carbonyl (C=O) groups excluding carboxylic acids is 2. The smallest absolute Gasteiger partial charge is 0.302 e. The van der Waals surface area contributed by atoms with Gasteiger partial charge in [-0.3, -0.25) is 9.59 Å². The molecular formula is C24H34O6. The zero-order valence-corrected chi connectivity index (χ0v) is 17.9. The lowest BCUT2D eigenvalue weighted by Gasteiger charge is -2.61. The molecule has 3 N–H and O–H groups in total. The molecule has 0 aliphatic heterocycles. The zero-order valence-electron chi connectivity index (χ0n) is 22.9. The molecule has 0 bridgehead atoms. The average molecular weight is 424 g/mol. The Balaban J connectivity index is 1.80. The van der Waals surface area contributed by atoms with Crippen LogP contribution in [0.25, 0.3) is 0 Å². The van der Waals surface area contributed by atoms with E-state index >= 15 is 0 Å². The van der Waals surface area contributed by atoms with Crippen LogP contribution in [-0.4, -0.2) is 51.4 Å². The fraction of sp³-hybridized carbons (Fsp3) is 0.750. The van der Waals surface area contributed by atoms with Crippen molar-refractivity contribution in [1.29, 1.82) is 0 Å². The Labute approximate surface area is 185 Å². The molecule has 0 aromatic heterocycles. The number of esters is 1. The van der Waals surface area contributed by atoms with Crippen LogP contribution in [0.15, 0.2) is 23.8 Å². The second kappa shape index (κ2) is 7.01. The maximum Gasteiger partial charge on any atom is 0.302 e. The van der Waals surface area contributed by atoms with E-state index in [0.29, 0.717) is 18.4 Å². The summed E-state index contributed by atoms with van der Waals surface area (Å²) in [6, 6.07) is -0.489. The van der Waals surface area contributed by atoms with Crippen LogP contribution >= 0.6 is 0 Å². The number of aliphatic hydroxyl groups is 3. The molecule has 30 heavy (non-hydrogen) atoms. The molecule has 0 amide bonds. The van der Waals surface area contributed by atoms with Crippen molar-refractivity contribution in [3.63, 3.8) is 0 Å². The molecule has 3 fully saturated rings. The summed E-state index contributed by atoms with van der Waals surface area (Å²) in [5, 5.41) is 34.4. The molecule has 0 spiro atoms. The lowest BCUT2D eigenvalue weighted by Crippen LogP contribution is -2.63. The van der Waals surface area contributed by atoms with Crippen molar-refractivity contribution in [3.8, 4) is 0 Å². The number of ether oxygens (including phenoxy) is 1. The molecule has 6 heteroatoms. The Morgan fingerprint density at radius 2 is 2.20 bits per heavy atom. The second-order valence-electron chi connectivity index (χ2n) is 10.0. The van der Waals surface area contributed by atoms with Gasteiger partial charge in [0.1, 0.15) is 12.6 Å². The molecular weight excluding hydrogens is 384 g/mol. The highest BCUT2D eigenvalue weighted by Crippen LogP contribution is 2.68. The number of allylic oxidation sites excluding steroid dienone is 4. The molecule has 4 rings (SSSR count). The van der Waals surface area contributed by atoms with Crippen molar-refractivity contribution in [3.05, 3.63) is 23.8 Å². The molecule has 6 nitrogen and oxygen atoms in total. The molecule has 0 aromatic carbocycles. The first-order valence-corrected chi connectivity index (χ1v) is 10.6. The van der Waals surface area contributed by atoms with Gasteiger partial charge in [0.25, 0.3) is 0 Å². The fourth-order valence-corrected chi connectivity index (χ4v) is 7.17.